The molecule has 0 aromatic heterocycles. The summed E-state index contributed by atoms with van der Waals surface area (Å²) in [4.78, 5) is 8.64. The number of hydrogen-bond acceptors (Lipinski definition) is 4. The maximum absolute atomic E-state index is 10.1. The van der Waals surface area contributed by atoms with Gasteiger partial charge in [-0.25, -0.2) is 0 Å². The van der Waals surface area contributed by atoms with Crippen molar-refractivity contribution < 1.29 is 27.6 Å². The van der Waals surface area contributed by atoms with Crippen molar-refractivity contribution in [3.8, 4) is 0 Å². The zero-order chi connectivity index (χ0) is 21.8. The zero-order valence-corrected chi connectivity index (χ0v) is 21.6. The summed E-state index contributed by atoms with van der Waals surface area (Å²) in [7, 11) is 0. The minimum absolute atomic E-state index is 0. The molecule has 5 heteroatoms. The van der Waals surface area contributed by atoms with Gasteiger partial charge in [0.05, 0.1) is 11.1 Å². The van der Waals surface area contributed by atoms with Crippen LogP contribution in [0, 0.1) is 10.8 Å². The van der Waals surface area contributed by atoms with Gasteiger partial charge in [0.2, 0.25) is 0 Å². The molecule has 0 aromatic carbocycles. The van der Waals surface area contributed by atoms with E-state index in [1.807, 2.05) is 83.1 Å². The minimum Gasteiger partial charge on any atom is -0.384 e. The van der Waals surface area contributed by atoms with Crippen molar-refractivity contribution in [3.05, 3.63) is 0 Å². The predicted octanol–water partition coefficient (Wildman–Crippen LogP) is 5.30. The topological polar surface area (TPSA) is 65.2 Å². The third-order valence-electron chi connectivity index (χ3n) is 4.44. The summed E-state index contributed by atoms with van der Waals surface area (Å²) in [6.45, 7) is 27.7. The summed E-state index contributed by atoms with van der Waals surface area (Å²) in [5.74, 6) is 0. The van der Waals surface area contributed by atoms with Gasteiger partial charge in [-0.2, -0.15) is 0 Å². The number of nitrogens with zero attached hydrogens (tertiary/aromatic N) is 2. The van der Waals surface area contributed by atoms with Crippen LogP contribution in [0.5, 0.6) is 0 Å². The van der Waals surface area contributed by atoms with Crippen LogP contribution >= 0.6 is 0 Å². The maximum atomic E-state index is 10.1. The van der Waals surface area contributed by atoms with E-state index in [1.54, 1.807) is 26.3 Å². The zero-order valence-electron chi connectivity index (χ0n) is 20.4. The van der Waals surface area contributed by atoms with Gasteiger partial charge in [-0.1, -0.05) is 41.5 Å². The van der Waals surface area contributed by atoms with Gasteiger partial charge in [-0.3, -0.25) is 9.98 Å². The van der Waals surface area contributed by atoms with Crippen LogP contribution in [0.25, 0.3) is 0 Å². The Morgan fingerprint density at radius 1 is 0.481 bits per heavy atom. The van der Waals surface area contributed by atoms with Gasteiger partial charge in [0.25, 0.3) is 0 Å². The molecule has 0 spiro atoms. The van der Waals surface area contributed by atoms with E-state index in [0.717, 1.165) is 0 Å². The summed E-state index contributed by atoms with van der Waals surface area (Å²) in [6, 6.07) is 0. The first-order valence-electron chi connectivity index (χ1n) is 9.49. The van der Waals surface area contributed by atoms with Crippen LogP contribution in [-0.2, 0) is 17.4 Å². The fraction of sp³-hybridized carbons (Fsp3) is 0.909. The van der Waals surface area contributed by atoms with Crippen LogP contribution in [0.2, 0.25) is 0 Å². The normalized spacial score (nSPS) is 18.4. The smallest absolute Gasteiger partial charge is 0.384 e. The van der Waals surface area contributed by atoms with E-state index in [-0.39, 0.29) is 39.3 Å². The molecule has 0 aliphatic heterocycles. The average molecular weight is 423 g/mol. The number of aliphatic hydroxyl groups is 2. The monoisotopic (exact) mass is 422 g/mol. The minimum atomic E-state index is -0.847. The molecule has 0 amide bonds. The molecule has 0 aliphatic rings. The summed E-state index contributed by atoms with van der Waals surface area (Å²) in [5.41, 5.74) is -2.28. The van der Waals surface area contributed by atoms with Gasteiger partial charge in [0.15, 0.2) is 0 Å². The van der Waals surface area contributed by atoms with Crippen molar-refractivity contribution >= 4 is 12.4 Å². The standard InChI is InChI=1S/2C11H23NO.Cr/c2*1-9(2,3)11(7,13)8-12-10(4,5)6;/h2*8,13H,1-7H3;/q;;+2. The average Bonchev–Trinajstić information content (AvgIpc) is 2.31. The van der Waals surface area contributed by atoms with E-state index in [0.29, 0.717) is 0 Å². The molecule has 160 valence electrons. The van der Waals surface area contributed by atoms with Gasteiger partial charge < -0.3 is 10.2 Å². The van der Waals surface area contributed by atoms with Crippen LogP contribution in [-0.4, -0.2) is 44.9 Å². The molecule has 0 heterocycles. The molecular weight excluding hydrogens is 376 g/mol. The molecule has 4 nitrogen and oxygen atoms in total. The molecule has 0 saturated carbocycles. The van der Waals surface area contributed by atoms with E-state index < -0.39 is 11.2 Å². The summed E-state index contributed by atoms with van der Waals surface area (Å²) in [5, 5.41) is 20.1. The van der Waals surface area contributed by atoms with E-state index in [1.165, 1.54) is 0 Å². The van der Waals surface area contributed by atoms with Crippen molar-refractivity contribution in [2.75, 3.05) is 0 Å². The van der Waals surface area contributed by atoms with Gasteiger partial charge >= 0.3 is 17.4 Å². The summed E-state index contributed by atoms with van der Waals surface area (Å²) >= 11 is 0. The second kappa shape index (κ2) is 10.0. The molecule has 2 atom stereocenters. The molecule has 0 fully saturated rings. The van der Waals surface area contributed by atoms with E-state index >= 15 is 0 Å². The Morgan fingerprint density at radius 3 is 0.778 bits per heavy atom. The van der Waals surface area contributed by atoms with E-state index in [2.05, 4.69) is 9.98 Å². The molecule has 0 bridgehead atoms. The third-order valence-corrected chi connectivity index (χ3v) is 4.44. The van der Waals surface area contributed by atoms with Crippen LogP contribution in [0.1, 0.15) is 96.9 Å². The first-order valence-corrected chi connectivity index (χ1v) is 9.49. The first-order chi connectivity index (χ1) is 10.9. The number of hydrogen-bond donors (Lipinski definition) is 2. The Morgan fingerprint density at radius 2 is 0.667 bits per heavy atom. The first kappa shape index (κ1) is 31.5. The Labute approximate surface area is 180 Å². The Bertz CT molecular complexity index is 434. The Balaban J connectivity index is -0.000000411. The van der Waals surface area contributed by atoms with Gasteiger partial charge in [0, 0.05) is 12.4 Å². The molecule has 0 radical (unpaired) electrons. The van der Waals surface area contributed by atoms with Crippen molar-refractivity contribution in [1.29, 1.82) is 0 Å². The molecule has 2 N–H and O–H groups in total. The van der Waals surface area contributed by atoms with Crippen molar-refractivity contribution in [1.82, 2.24) is 0 Å². The van der Waals surface area contributed by atoms with Crippen LogP contribution in [0.15, 0.2) is 9.98 Å². The summed E-state index contributed by atoms with van der Waals surface area (Å²) < 4.78 is 0. The van der Waals surface area contributed by atoms with Crippen molar-refractivity contribution in [3.63, 3.8) is 0 Å². The van der Waals surface area contributed by atoms with Crippen molar-refractivity contribution in [2.24, 2.45) is 20.8 Å². The number of rotatable bonds is 2. The quantitative estimate of drug-likeness (QED) is 0.593. The molecule has 2 unspecified atom stereocenters. The molecule has 0 aliphatic carbocycles. The Kier molecular flexibility index (Phi) is 11.7. The van der Waals surface area contributed by atoms with Gasteiger partial charge in [0.1, 0.15) is 11.2 Å². The molecule has 0 saturated heterocycles. The van der Waals surface area contributed by atoms with Gasteiger partial charge in [-0.05, 0) is 66.2 Å². The van der Waals surface area contributed by atoms with Crippen LogP contribution < -0.4 is 0 Å². The Hall–Kier alpha value is -0.208. The van der Waals surface area contributed by atoms with Crippen LogP contribution in [0.4, 0.5) is 0 Å². The predicted molar refractivity (Wildman–Crippen MR) is 117 cm³/mol. The molecular formula is C22H46CrN2O2+2. The number of aliphatic imine (C=N–C) groups is 2. The fourth-order valence-corrected chi connectivity index (χ4v) is 1.03. The van der Waals surface area contributed by atoms with E-state index in [4.69, 9.17) is 0 Å². The SMILES string of the molecule is CC(C)(C)N=CC(C)(O)C(C)(C)C.CC(C)(C)N=CC(C)(O)C(C)(C)C.[Cr+2]. The fourth-order valence-electron chi connectivity index (χ4n) is 1.03. The van der Waals surface area contributed by atoms with Crippen LogP contribution in [0.3, 0.4) is 0 Å². The maximum Gasteiger partial charge on any atom is 2.00 e. The second-order valence-electron chi connectivity index (χ2n) is 11.7. The molecule has 0 rings (SSSR count). The van der Waals surface area contributed by atoms with Crippen molar-refractivity contribution in [2.45, 2.75) is 119 Å². The summed E-state index contributed by atoms with van der Waals surface area (Å²) in [6.07, 6.45) is 3.32. The molecule has 0 aromatic rings. The second-order valence-corrected chi connectivity index (χ2v) is 11.7. The largest absolute Gasteiger partial charge is 2.00 e. The third kappa shape index (κ3) is 14.4. The van der Waals surface area contributed by atoms with Gasteiger partial charge in [-0.15, -0.1) is 0 Å². The van der Waals surface area contributed by atoms with E-state index in [9.17, 15) is 10.2 Å². The molecule has 27 heavy (non-hydrogen) atoms.